The first-order valence-corrected chi connectivity index (χ1v) is 7.63. The van der Waals surface area contributed by atoms with Gasteiger partial charge in [0.1, 0.15) is 6.33 Å². The van der Waals surface area contributed by atoms with E-state index >= 15 is 0 Å². The van der Waals surface area contributed by atoms with Crippen LogP contribution in [-0.2, 0) is 23.6 Å². The van der Waals surface area contributed by atoms with E-state index in [1.54, 1.807) is 19.2 Å². The summed E-state index contributed by atoms with van der Waals surface area (Å²) in [7, 11) is -1.88. The van der Waals surface area contributed by atoms with E-state index in [1.165, 1.54) is 23.1 Å². The Morgan fingerprint density at radius 1 is 1.33 bits per heavy atom. The Hall–Kier alpha value is -2.21. The zero-order valence-corrected chi connectivity index (χ0v) is 12.3. The number of nitrogens with two attached hydrogens (primary N) is 1. The van der Waals surface area contributed by atoms with Gasteiger partial charge in [0.15, 0.2) is 5.82 Å². The number of nitrogens with one attached hydrogen (secondary N) is 1. The fourth-order valence-corrected chi connectivity index (χ4v) is 2.56. The second-order valence-corrected chi connectivity index (χ2v) is 5.96. The summed E-state index contributed by atoms with van der Waals surface area (Å²) in [5.74, 6) is 5.94. The first-order valence-electron chi connectivity index (χ1n) is 6.14. The lowest BCUT2D eigenvalue weighted by Crippen LogP contribution is -2.23. The summed E-state index contributed by atoms with van der Waals surface area (Å²) < 4.78 is 28.2. The van der Waals surface area contributed by atoms with Crippen molar-refractivity contribution in [2.45, 2.75) is 11.4 Å². The molecular formula is C13H15N5O2S. The molecule has 2 rings (SSSR count). The standard InChI is InChI=1S/C13H15N5O2S/c1-18-10-15-13(17-18)9-16-21(19,20)12-6-4-11(5-7-12)3-2-8-14/h4-7,10,16H,8-9,14H2,1H3. The van der Waals surface area contributed by atoms with Gasteiger partial charge in [-0.2, -0.15) is 5.10 Å². The lowest BCUT2D eigenvalue weighted by molar-refractivity contribution is 0.578. The molecule has 0 aliphatic carbocycles. The van der Waals surface area contributed by atoms with Gasteiger partial charge in [0.2, 0.25) is 10.0 Å². The van der Waals surface area contributed by atoms with Gasteiger partial charge in [0.05, 0.1) is 18.0 Å². The molecule has 1 aromatic heterocycles. The molecule has 0 fully saturated rings. The number of hydrogen-bond acceptors (Lipinski definition) is 5. The van der Waals surface area contributed by atoms with Crippen molar-refractivity contribution in [3.63, 3.8) is 0 Å². The van der Waals surface area contributed by atoms with E-state index in [1.807, 2.05) is 0 Å². The van der Waals surface area contributed by atoms with Crippen LogP contribution in [0.5, 0.6) is 0 Å². The Kier molecular flexibility index (Phi) is 4.70. The fraction of sp³-hybridized carbons (Fsp3) is 0.231. The minimum absolute atomic E-state index is 0.0396. The molecule has 0 unspecified atom stereocenters. The Labute approximate surface area is 123 Å². The third-order valence-corrected chi connectivity index (χ3v) is 3.98. The number of aryl methyl sites for hydroxylation is 1. The molecule has 0 spiro atoms. The predicted molar refractivity (Wildman–Crippen MR) is 77.4 cm³/mol. The maximum absolute atomic E-state index is 12.1. The Bertz CT molecular complexity index is 769. The van der Waals surface area contributed by atoms with E-state index < -0.39 is 10.0 Å². The molecule has 0 radical (unpaired) electrons. The Morgan fingerprint density at radius 2 is 2.05 bits per heavy atom. The van der Waals surface area contributed by atoms with Crippen molar-refractivity contribution in [1.29, 1.82) is 0 Å². The number of benzene rings is 1. The first-order chi connectivity index (χ1) is 10.0. The number of nitrogens with zero attached hydrogens (tertiary/aromatic N) is 3. The van der Waals surface area contributed by atoms with E-state index in [0.717, 1.165) is 0 Å². The average Bonchev–Trinajstić information content (AvgIpc) is 2.89. The van der Waals surface area contributed by atoms with E-state index in [-0.39, 0.29) is 18.0 Å². The second kappa shape index (κ2) is 6.49. The van der Waals surface area contributed by atoms with Crippen LogP contribution in [0.3, 0.4) is 0 Å². The van der Waals surface area contributed by atoms with E-state index in [4.69, 9.17) is 5.73 Å². The van der Waals surface area contributed by atoms with Gasteiger partial charge in [-0.05, 0) is 24.3 Å². The fourth-order valence-electron chi connectivity index (χ4n) is 1.58. The molecule has 0 aliphatic heterocycles. The van der Waals surface area contributed by atoms with Crippen LogP contribution in [-0.4, -0.2) is 29.7 Å². The molecule has 110 valence electrons. The molecule has 3 N–H and O–H groups in total. The molecule has 2 aromatic rings. The second-order valence-electron chi connectivity index (χ2n) is 4.19. The zero-order chi connectivity index (χ0) is 15.3. The van der Waals surface area contributed by atoms with E-state index in [2.05, 4.69) is 26.6 Å². The van der Waals surface area contributed by atoms with Crippen LogP contribution in [0.15, 0.2) is 35.5 Å². The SMILES string of the molecule is Cn1cnc(CNS(=O)(=O)c2ccc(C#CCN)cc2)n1. The Morgan fingerprint density at radius 3 is 2.62 bits per heavy atom. The topological polar surface area (TPSA) is 103 Å². The van der Waals surface area contributed by atoms with Crippen LogP contribution in [0.25, 0.3) is 0 Å². The average molecular weight is 305 g/mol. The summed E-state index contributed by atoms with van der Waals surface area (Å²) in [4.78, 5) is 4.12. The summed E-state index contributed by atoms with van der Waals surface area (Å²) in [5, 5.41) is 4.00. The highest BCUT2D eigenvalue weighted by molar-refractivity contribution is 7.89. The monoisotopic (exact) mass is 305 g/mol. The number of sulfonamides is 1. The molecule has 0 aliphatic rings. The van der Waals surface area contributed by atoms with Crippen LogP contribution >= 0.6 is 0 Å². The molecule has 8 heteroatoms. The van der Waals surface area contributed by atoms with Crippen molar-refractivity contribution >= 4 is 10.0 Å². The van der Waals surface area contributed by atoms with Gasteiger partial charge in [-0.15, -0.1) is 0 Å². The normalized spacial score (nSPS) is 11.0. The van der Waals surface area contributed by atoms with Crippen molar-refractivity contribution in [3.05, 3.63) is 42.0 Å². The number of rotatable bonds is 4. The maximum Gasteiger partial charge on any atom is 0.240 e. The van der Waals surface area contributed by atoms with Crippen LogP contribution < -0.4 is 10.5 Å². The summed E-state index contributed by atoms with van der Waals surface area (Å²) in [6.45, 7) is 0.302. The number of aromatic nitrogens is 3. The van der Waals surface area contributed by atoms with Gasteiger partial charge in [-0.1, -0.05) is 11.8 Å². The number of hydrogen-bond donors (Lipinski definition) is 2. The highest BCUT2D eigenvalue weighted by atomic mass is 32.2. The van der Waals surface area contributed by atoms with E-state index in [0.29, 0.717) is 11.4 Å². The third-order valence-electron chi connectivity index (χ3n) is 2.57. The lowest BCUT2D eigenvalue weighted by Gasteiger charge is -2.04. The highest BCUT2D eigenvalue weighted by Gasteiger charge is 2.14. The van der Waals surface area contributed by atoms with Crippen molar-refractivity contribution in [3.8, 4) is 11.8 Å². The van der Waals surface area contributed by atoms with Crippen LogP contribution in [0.1, 0.15) is 11.4 Å². The molecule has 0 atom stereocenters. The molecule has 21 heavy (non-hydrogen) atoms. The third kappa shape index (κ3) is 4.13. The molecule has 0 amide bonds. The maximum atomic E-state index is 12.1. The van der Waals surface area contributed by atoms with Gasteiger partial charge in [0, 0.05) is 12.6 Å². The Balaban J connectivity index is 2.08. The van der Waals surface area contributed by atoms with Crippen LogP contribution in [0, 0.1) is 11.8 Å². The minimum atomic E-state index is -3.60. The van der Waals surface area contributed by atoms with Gasteiger partial charge in [0.25, 0.3) is 0 Å². The van der Waals surface area contributed by atoms with Crippen molar-refractivity contribution in [1.82, 2.24) is 19.5 Å². The van der Waals surface area contributed by atoms with Gasteiger partial charge >= 0.3 is 0 Å². The van der Waals surface area contributed by atoms with Crippen molar-refractivity contribution in [2.24, 2.45) is 12.8 Å². The summed E-state index contributed by atoms with van der Waals surface area (Å²) in [5.41, 5.74) is 5.99. The molecule has 1 heterocycles. The quantitative estimate of drug-likeness (QED) is 0.748. The molecule has 7 nitrogen and oxygen atoms in total. The summed E-state index contributed by atoms with van der Waals surface area (Å²) in [6, 6.07) is 6.26. The predicted octanol–water partition coefficient (Wildman–Crippen LogP) is -0.396. The van der Waals surface area contributed by atoms with Gasteiger partial charge in [-0.3, -0.25) is 4.68 Å². The molecule has 0 saturated carbocycles. The minimum Gasteiger partial charge on any atom is -0.320 e. The smallest absolute Gasteiger partial charge is 0.240 e. The highest BCUT2D eigenvalue weighted by Crippen LogP contribution is 2.10. The molecule has 1 aromatic carbocycles. The van der Waals surface area contributed by atoms with Gasteiger partial charge in [-0.25, -0.2) is 18.1 Å². The van der Waals surface area contributed by atoms with Crippen LogP contribution in [0.4, 0.5) is 0 Å². The van der Waals surface area contributed by atoms with Crippen molar-refractivity contribution < 1.29 is 8.42 Å². The zero-order valence-electron chi connectivity index (χ0n) is 11.4. The van der Waals surface area contributed by atoms with Crippen LogP contribution in [0.2, 0.25) is 0 Å². The molecule has 0 saturated heterocycles. The summed E-state index contributed by atoms with van der Waals surface area (Å²) in [6.07, 6.45) is 1.51. The largest absolute Gasteiger partial charge is 0.320 e. The van der Waals surface area contributed by atoms with E-state index in [9.17, 15) is 8.42 Å². The van der Waals surface area contributed by atoms with Gasteiger partial charge < -0.3 is 5.73 Å². The molecule has 0 bridgehead atoms. The first kappa shape index (κ1) is 15.2. The lowest BCUT2D eigenvalue weighted by atomic mass is 10.2. The summed E-state index contributed by atoms with van der Waals surface area (Å²) >= 11 is 0. The van der Waals surface area contributed by atoms with Crippen molar-refractivity contribution in [2.75, 3.05) is 6.54 Å². The molecular weight excluding hydrogens is 290 g/mol.